The van der Waals surface area contributed by atoms with Gasteiger partial charge in [-0.1, -0.05) is 11.6 Å². The summed E-state index contributed by atoms with van der Waals surface area (Å²) in [6.07, 6.45) is 1.52. The Morgan fingerprint density at radius 2 is 1.86 bits per heavy atom. The molecule has 2 aromatic carbocycles. The highest BCUT2D eigenvalue weighted by atomic mass is 35.5. The van der Waals surface area contributed by atoms with Gasteiger partial charge in [-0.2, -0.15) is 5.10 Å². The maximum Gasteiger partial charge on any atom is 0.250 e. The Morgan fingerprint density at radius 3 is 2.52 bits per heavy atom. The van der Waals surface area contributed by atoms with Gasteiger partial charge < -0.3 is 5.11 Å². The molecular formula is C15H13ClN2O2S. The Hall–Kier alpha value is -1.98. The average Bonchev–Trinajstić information content (AvgIpc) is 2.49. The van der Waals surface area contributed by atoms with E-state index >= 15 is 0 Å². The van der Waals surface area contributed by atoms with Crippen molar-refractivity contribution in [3.05, 3.63) is 59.1 Å². The van der Waals surface area contributed by atoms with E-state index in [0.29, 0.717) is 5.02 Å². The molecule has 1 amide bonds. The molecule has 21 heavy (non-hydrogen) atoms. The van der Waals surface area contributed by atoms with Crippen molar-refractivity contribution in [3.63, 3.8) is 0 Å². The van der Waals surface area contributed by atoms with Crippen molar-refractivity contribution in [1.29, 1.82) is 0 Å². The highest BCUT2D eigenvalue weighted by molar-refractivity contribution is 8.00. The molecule has 108 valence electrons. The quantitative estimate of drug-likeness (QED) is 0.505. The number of nitrogens with zero attached hydrogens (tertiary/aromatic N) is 1. The highest BCUT2D eigenvalue weighted by Crippen LogP contribution is 2.19. The molecule has 0 aliphatic rings. The van der Waals surface area contributed by atoms with E-state index in [0.717, 1.165) is 10.5 Å². The van der Waals surface area contributed by atoms with Gasteiger partial charge in [0.15, 0.2) is 0 Å². The van der Waals surface area contributed by atoms with Crippen LogP contribution < -0.4 is 5.43 Å². The first-order valence-electron chi connectivity index (χ1n) is 6.13. The standard InChI is InChI=1S/C15H13ClN2O2S/c16-12-3-7-14(8-4-12)21-10-15(20)18-17-9-11-1-5-13(19)6-2-11/h1-9,19H,10H2,(H,18,20)/b17-9-. The van der Waals surface area contributed by atoms with E-state index in [1.54, 1.807) is 36.4 Å². The monoisotopic (exact) mass is 320 g/mol. The maximum atomic E-state index is 11.6. The molecular weight excluding hydrogens is 308 g/mol. The molecule has 0 saturated heterocycles. The molecule has 0 saturated carbocycles. The lowest BCUT2D eigenvalue weighted by molar-refractivity contribution is -0.118. The minimum atomic E-state index is -0.190. The van der Waals surface area contributed by atoms with Gasteiger partial charge >= 0.3 is 0 Å². The van der Waals surface area contributed by atoms with Gasteiger partial charge in [-0.25, -0.2) is 5.43 Å². The highest BCUT2D eigenvalue weighted by Gasteiger charge is 2.01. The van der Waals surface area contributed by atoms with Crippen LogP contribution in [0.4, 0.5) is 0 Å². The van der Waals surface area contributed by atoms with Crippen molar-refractivity contribution in [3.8, 4) is 5.75 Å². The normalized spacial score (nSPS) is 10.7. The van der Waals surface area contributed by atoms with Gasteiger partial charge in [0, 0.05) is 9.92 Å². The Balaban J connectivity index is 1.77. The van der Waals surface area contributed by atoms with Crippen molar-refractivity contribution in [2.45, 2.75) is 4.90 Å². The van der Waals surface area contributed by atoms with Crippen LogP contribution in [0.2, 0.25) is 5.02 Å². The fourth-order valence-corrected chi connectivity index (χ4v) is 2.27. The Morgan fingerprint density at radius 1 is 1.19 bits per heavy atom. The summed E-state index contributed by atoms with van der Waals surface area (Å²) in [5.74, 6) is 0.273. The second kappa shape index (κ2) is 7.71. The molecule has 0 spiro atoms. The number of benzene rings is 2. The predicted octanol–water partition coefficient (Wildman–Crippen LogP) is 3.29. The molecule has 0 heterocycles. The lowest BCUT2D eigenvalue weighted by Crippen LogP contribution is -2.19. The van der Waals surface area contributed by atoms with Gasteiger partial charge in [0.05, 0.1) is 12.0 Å². The first-order valence-corrected chi connectivity index (χ1v) is 7.49. The molecule has 0 fully saturated rings. The van der Waals surface area contributed by atoms with Crippen molar-refractivity contribution < 1.29 is 9.90 Å². The van der Waals surface area contributed by atoms with Gasteiger partial charge in [-0.05, 0) is 54.1 Å². The first kappa shape index (κ1) is 15.4. The van der Waals surface area contributed by atoms with Crippen LogP contribution in [-0.2, 0) is 4.79 Å². The number of hydrogen-bond donors (Lipinski definition) is 2. The van der Waals surface area contributed by atoms with Crippen molar-refractivity contribution in [1.82, 2.24) is 5.43 Å². The SMILES string of the molecule is O=C(CSc1ccc(Cl)cc1)N/N=C\c1ccc(O)cc1. The van der Waals surface area contributed by atoms with E-state index in [4.69, 9.17) is 16.7 Å². The van der Waals surface area contributed by atoms with Crippen LogP contribution in [-0.4, -0.2) is 23.0 Å². The molecule has 4 nitrogen and oxygen atoms in total. The number of nitrogens with one attached hydrogen (secondary N) is 1. The number of amides is 1. The van der Waals surface area contributed by atoms with E-state index in [-0.39, 0.29) is 17.4 Å². The largest absolute Gasteiger partial charge is 0.508 e. The number of rotatable bonds is 5. The summed E-state index contributed by atoms with van der Waals surface area (Å²) in [5, 5.41) is 13.7. The first-order chi connectivity index (χ1) is 10.1. The molecule has 6 heteroatoms. The summed E-state index contributed by atoms with van der Waals surface area (Å²) in [6, 6.07) is 13.8. The summed E-state index contributed by atoms with van der Waals surface area (Å²) in [5.41, 5.74) is 3.24. The molecule has 0 atom stereocenters. The maximum absolute atomic E-state index is 11.6. The summed E-state index contributed by atoms with van der Waals surface area (Å²) in [7, 11) is 0. The molecule has 0 unspecified atom stereocenters. The van der Waals surface area contributed by atoms with Crippen LogP contribution in [0.15, 0.2) is 58.5 Å². The molecule has 0 radical (unpaired) electrons. The summed E-state index contributed by atoms with van der Waals surface area (Å²) < 4.78 is 0. The summed E-state index contributed by atoms with van der Waals surface area (Å²) in [6.45, 7) is 0. The van der Waals surface area contributed by atoms with Crippen LogP contribution in [0.25, 0.3) is 0 Å². The molecule has 2 aromatic rings. The zero-order valence-electron chi connectivity index (χ0n) is 11.0. The fourth-order valence-electron chi connectivity index (χ4n) is 1.45. The number of aromatic hydroxyl groups is 1. The Kier molecular flexibility index (Phi) is 5.66. The van der Waals surface area contributed by atoms with Crippen molar-refractivity contribution in [2.75, 3.05) is 5.75 Å². The number of thioether (sulfide) groups is 1. The molecule has 2 rings (SSSR count). The third-order valence-electron chi connectivity index (χ3n) is 2.48. The lowest BCUT2D eigenvalue weighted by atomic mass is 10.2. The van der Waals surface area contributed by atoms with E-state index in [1.807, 2.05) is 12.1 Å². The number of carbonyl (C=O) groups is 1. The van der Waals surface area contributed by atoms with E-state index in [1.165, 1.54) is 18.0 Å². The van der Waals surface area contributed by atoms with E-state index in [9.17, 15) is 4.79 Å². The van der Waals surface area contributed by atoms with E-state index in [2.05, 4.69) is 10.5 Å². The predicted molar refractivity (Wildman–Crippen MR) is 86.0 cm³/mol. The van der Waals surface area contributed by atoms with Crippen LogP contribution in [0.5, 0.6) is 5.75 Å². The zero-order valence-corrected chi connectivity index (χ0v) is 12.6. The third kappa shape index (κ3) is 5.49. The van der Waals surface area contributed by atoms with Crippen LogP contribution in [0, 0.1) is 0 Å². The Bertz CT molecular complexity index is 627. The Labute approximate surface area is 131 Å². The number of hydrazone groups is 1. The minimum Gasteiger partial charge on any atom is -0.508 e. The van der Waals surface area contributed by atoms with Gasteiger partial charge in [0.25, 0.3) is 0 Å². The number of phenolic OH excluding ortho intramolecular Hbond substituents is 1. The van der Waals surface area contributed by atoms with Gasteiger partial charge in [-0.15, -0.1) is 11.8 Å². The lowest BCUT2D eigenvalue weighted by Gasteiger charge is -2.01. The minimum absolute atomic E-state index is 0.190. The summed E-state index contributed by atoms with van der Waals surface area (Å²) >= 11 is 7.20. The van der Waals surface area contributed by atoms with Crippen molar-refractivity contribution in [2.24, 2.45) is 5.10 Å². The average molecular weight is 321 g/mol. The zero-order chi connectivity index (χ0) is 15.1. The van der Waals surface area contributed by atoms with E-state index < -0.39 is 0 Å². The molecule has 0 aliphatic carbocycles. The number of phenols is 1. The van der Waals surface area contributed by atoms with Crippen LogP contribution in [0.1, 0.15) is 5.56 Å². The van der Waals surface area contributed by atoms with Gasteiger partial charge in [0.2, 0.25) is 5.91 Å². The van der Waals surface area contributed by atoms with Gasteiger partial charge in [0.1, 0.15) is 5.75 Å². The fraction of sp³-hybridized carbons (Fsp3) is 0.0667. The smallest absolute Gasteiger partial charge is 0.250 e. The third-order valence-corrected chi connectivity index (χ3v) is 3.74. The number of halogens is 1. The molecule has 0 bridgehead atoms. The molecule has 2 N–H and O–H groups in total. The molecule has 0 aliphatic heterocycles. The number of hydrogen-bond acceptors (Lipinski definition) is 4. The second-order valence-electron chi connectivity index (χ2n) is 4.13. The molecule has 0 aromatic heterocycles. The summed E-state index contributed by atoms with van der Waals surface area (Å²) in [4.78, 5) is 12.6. The van der Waals surface area contributed by atoms with Crippen molar-refractivity contribution >= 4 is 35.5 Å². The topological polar surface area (TPSA) is 61.7 Å². The van der Waals surface area contributed by atoms with Crippen LogP contribution in [0.3, 0.4) is 0 Å². The number of carbonyl (C=O) groups excluding carboxylic acids is 1. The van der Waals surface area contributed by atoms with Crippen LogP contribution >= 0.6 is 23.4 Å². The van der Waals surface area contributed by atoms with Gasteiger partial charge in [-0.3, -0.25) is 4.79 Å². The second-order valence-corrected chi connectivity index (χ2v) is 5.61.